The molecule has 1 saturated carbocycles. The molecule has 4 aromatic rings. The second-order valence-corrected chi connectivity index (χ2v) is 10.2. The summed E-state index contributed by atoms with van der Waals surface area (Å²) in [6.45, 7) is 4.99. The van der Waals surface area contributed by atoms with Gasteiger partial charge in [-0.15, -0.1) is 0 Å². The largest absolute Gasteiger partial charge is 0.494 e. The van der Waals surface area contributed by atoms with Gasteiger partial charge in [-0.3, -0.25) is 0 Å². The van der Waals surface area contributed by atoms with E-state index < -0.39 is 0 Å². The van der Waals surface area contributed by atoms with Gasteiger partial charge in [0.25, 0.3) is 0 Å². The van der Waals surface area contributed by atoms with E-state index in [1.165, 1.54) is 44.3 Å². The van der Waals surface area contributed by atoms with Crippen molar-refractivity contribution in [2.75, 3.05) is 25.0 Å². The molecule has 1 aliphatic heterocycles. The van der Waals surface area contributed by atoms with Crippen LogP contribution in [0.5, 0.6) is 5.75 Å². The molecule has 0 unspecified atom stereocenters. The quantitative estimate of drug-likeness (QED) is 0.295. The molecule has 2 aromatic carbocycles. The van der Waals surface area contributed by atoms with E-state index >= 15 is 0 Å². The van der Waals surface area contributed by atoms with Crippen molar-refractivity contribution in [3.05, 3.63) is 64.3 Å². The van der Waals surface area contributed by atoms with E-state index in [4.69, 9.17) is 32.9 Å². The minimum absolute atomic E-state index is 0.435. The number of nitrogens with zero attached hydrogens (tertiary/aromatic N) is 5. The molecular formula is C27H28Cl2N6O. The summed E-state index contributed by atoms with van der Waals surface area (Å²) in [5.41, 5.74) is 3.38. The zero-order valence-electron chi connectivity index (χ0n) is 20.1. The van der Waals surface area contributed by atoms with Crippen LogP contribution in [-0.4, -0.2) is 50.2 Å². The molecule has 3 heterocycles. The lowest BCUT2D eigenvalue weighted by molar-refractivity contribution is 0.201. The molecule has 1 saturated heterocycles. The van der Waals surface area contributed by atoms with E-state index in [1.54, 1.807) is 28.9 Å². The Morgan fingerprint density at radius 2 is 1.78 bits per heavy atom. The van der Waals surface area contributed by atoms with Gasteiger partial charge in [0.15, 0.2) is 11.5 Å². The highest BCUT2D eigenvalue weighted by Crippen LogP contribution is 2.39. The zero-order valence-corrected chi connectivity index (χ0v) is 21.6. The maximum atomic E-state index is 6.45. The summed E-state index contributed by atoms with van der Waals surface area (Å²) >= 11 is 12.9. The Balaban J connectivity index is 1.31. The normalized spacial score (nSPS) is 17.0. The number of benzene rings is 2. The van der Waals surface area contributed by atoms with Crippen molar-refractivity contribution in [1.29, 1.82) is 0 Å². The monoisotopic (exact) mass is 522 g/mol. The molecule has 2 aliphatic rings. The maximum absolute atomic E-state index is 6.45. The number of aromatic nitrogens is 4. The van der Waals surface area contributed by atoms with Gasteiger partial charge in [0.1, 0.15) is 5.75 Å². The number of fused-ring (bicyclic) bond motifs is 1. The summed E-state index contributed by atoms with van der Waals surface area (Å²) in [5, 5.41) is 8.80. The van der Waals surface area contributed by atoms with Crippen LogP contribution in [-0.2, 0) is 0 Å². The first-order valence-corrected chi connectivity index (χ1v) is 13.3. The van der Waals surface area contributed by atoms with Crippen LogP contribution in [0.15, 0.2) is 48.7 Å². The summed E-state index contributed by atoms with van der Waals surface area (Å²) < 4.78 is 7.77. The summed E-state index contributed by atoms with van der Waals surface area (Å²) in [6, 6.07) is 14.4. The minimum atomic E-state index is 0.435. The van der Waals surface area contributed by atoms with Crippen LogP contribution >= 0.6 is 23.2 Å². The smallest absolute Gasteiger partial charge is 0.232 e. The highest BCUT2D eigenvalue weighted by atomic mass is 35.5. The van der Waals surface area contributed by atoms with Gasteiger partial charge in [0.05, 0.1) is 28.4 Å². The molecular weight excluding hydrogens is 495 g/mol. The second kappa shape index (κ2) is 9.88. The molecule has 0 radical (unpaired) electrons. The molecule has 9 heteroatoms. The van der Waals surface area contributed by atoms with E-state index in [9.17, 15) is 0 Å². The molecule has 186 valence electrons. The average molecular weight is 523 g/mol. The van der Waals surface area contributed by atoms with Crippen molar-refractivity contribution >= 4 is 40.5 Å². The van der Waals surface area contributed by atoms with Crippen molar-refractivity contribution in [2.45, 2.75) is 44.6 Å². The van der Waals surface area contributed by atoms with Crippen LogP contribution in [0.4, 0.5) is 11.6 Å². The summed E-state index contributed by atoms with van der Waals surface area (Å²) in [7, 11) is 0. The number of hydrogen-bond acceptors (Lipinski definition) is 6. The summed E-state index contributed by atoms with van der Waals surface area (Å²) in [6.07, 6.45) is 6.77. The number of nitrogens with one attached hydrogen (secondary N) is 1. The Morgan fingerprint density at radius 1 is 1.00 bits per heavy atom. The van der Waals surface area contributed by atoms with Gasteiger partial charge >= 0.3 is 0 Å². The zero-order chi connectivity index (χ0) is 24.6. The van der Waals surface area contributed by atoms with Crippen LogP contribution < -0.4 is 10.1 Å². The van der Waals surface area contributed by atoms with Gasteiger partial charge in [-0.25, -0.2) is 4.98 Å². The van der Waals surface area contributed by atoms with Crippen molar-refractivity contribution in [3.8, 4) is 17.1 Å². The molecule has 0 bridgehead atoms. The number of anilines is 2. The Labute approximate surface area is 220 Å². The highest BCUT2D eigenvalue weighted by molar-refractivity contribution is 6.39. The molecule has 36 heavy (non-hydrogen) atoms. The first kappa shape index (κ1) is 23.5. The Kier molecular flexibility index (Phi) is 6.46. The highest BCUT2D eigenvalue weighted by Gasteiger charge is 2.32. The molecule has 2 fully saturated rings. The van der Waals surface area contributed by atoms with E-state index in [1.807, 2.05) is 13.0 Å². The van der Waals surface area contributed by atoms with Crippen molar-refractivity contribution in [1.82, 2.24) is 24.5 Å². The lowest BCUT2D eigenvalue weighted by Gasteiger charge is -2.33. The average Bonchev–Trinajstić information content (AvgIpc) is 3.62. The Bertz CT molecular complexity index is 1370. The first-order valence-electron chi connectivity index (χ1n) is 12.5. The number of piperidine rings is 1. The van der Waals surface area contributed by atoms with Crippen LogP contribution in [0.3, 0.4) is 0 Å². The van der Waals surface area contributed by atoms with Gasteiger partial charge in [0, 0.05) is 23.9 Å². The number of likely N-dealkylation sites (tertiary alicyclic amines) is 1. The first-order chi connectivity index (χ1) is 17.6. The molecule has 0 spiro atoms. The number of hydrogen-bond donors (Lipinski definition) is 1. The second-order valence-electron chi connectivity index (χ2n) is 9.42. The Hall–Kier alpha value is -2.87. The fourth-order valence-electron chi connectivity index (χ4n) is 5.10. The lowest BCUT2D eigenvalue weighted by atomic mass is 9.88. The lowest BCUT2D eigenvalue weighted by Crippen LogP contribution is -2.34. The summed E-state index contributed by atoms with van der Waals surface area (Å²) in [5.74, 6) is 2.39. The predicted molar refractivity (Wildman–Crippen MR) is 144 cm³/mol. The van der Waals surface area contributed by atoms with Crippen LogP contribution in [0.2, 0.25) is 10.0 Å². The molecule has 0 amide bonds. The standard InChI is InChI=1S/C27H28Cl2N6O/c1-2-36-23-16-18(6-9-20(23)17-11-14-34(15-12-17)19-7-8-19)31-27-33-26(32-24-10-13-30-35(24)27)25-21(28)4-3-5-22(25)29/h3-6,9-10,13,16-17,19H,2,7-8,11-12,14-15H2,1H3,(H,31,32,33). The SMILES string of the molecule is CCOc1cc(Nc2nc(-c3c(Cl)cccc3Cl)nc3ccnn23)ccc1C1CCN(C2CC2)CC1. The maximum Gasteiger partial charge on any atom is 0.232 e. The summed E-state index contributed by atoms with van der Waals surface area (Å²) in [4.78, 5) is 12.0. The van der Waals surface area contributed by atoms with E-state index in [0.29, 0.717) is 45.6 Å². The molecule has 1 N–H and O–H groups in total. The number of halogens is 2. The molecule has 1 aliphatic carbocycles. The van der Waals surface area contributed by atoms with Crippen molar-refractivity contribution in [3.63, 3.8) is 0 Å². The van der Waals surface area contributed by atoms with Crippen LogP contribution in [0.1, 0.15) is 44.1 Å². The minimum Gasteiger partial charge on any atom is -0.494 e. The third-order valence-electron chi connectivity index (χ3n) is 7.04. The van der Waals surface area contributed by atoms with E-state index in [-0.39, 0.29) is 0 Å². The van der Waals surface area contributed by atoms with Crippen molar-refractivity contribution in [2.24, 2.45) is 0 Å². The molecule has 0 atom stereocenters. The van der Waals surface area contributed by atoms with Gasteiger partial charge in [-0.05, 0) is 75.4 Å². The van der Waals surface area contributed by atoms with E-state index in [0.717, 1.165) is 17.5 Å². The fourth-order valence-corrected chi connectivity index (χ4v) is 5.67. The van der Waals surface area contributed by atoms with Crippen molar-refractivity contribution < 1.29 is 4.74 Å². The third-order valence-corrected chi connectivity index (χ3v) is 7.67. The topological polar surface area (TPSA) is 67.6 Å². The molecule has 2 aromatic heterocycles. The number of ether oxygens (including phenoxy) is 1. The van der Waals surface area contributed by atoms with Gasteiger partial charge in [-0.1, -0.05) is 35.3 Å². The van der Waals surface area contributed by atoms with Gasteiger partial charge < -0.3 is 15.0 Å². The van der Waals surface area contributed by atoms with E-state index in [2.05, 4.69) is 38.5 Å². The van der Waals surface area contributed by atoms with Gasteiger partial charge in [-0.2, -0.15) is 14.6 Å². The third kappa shape index (κ3) is 4.63. The van der Waals surface area contributed by atoms with Gasteiger partial charge in [0.2, 0.25) is 5.95 Å². The Morgan fingerprint density at radius 3 is 2.50 bits per heavy atom. The number of rotatable bonds is 7. The van der Waals surface area contributed by atoms with Crippen LogP contribution in [0.25, 0.3) is 17.0 Å². The predicted octanol–water partition coefficient (Wildman–Crippen LogP) is 6.58. The van der Waals surface area contributed by atoms with Crippen LogP contribution in [0, 0.1) is 0 Å². The fraction of sp³-hybridized carbons (Fsp3) is 0.370. The molecule has 7 nitrogen and oxygen atoms in total. The molecule has 6 rings (SSSR count).